The summed E-state index contributed by atoms with van der Waals surface area (Å²) in [6.45, 7) is 6.49. The van der Waals surface area contributed by atoms with Crippen LogP contribution in [0.3, 0.4) is 0 Å². The van der Waals surface area contributed by atoms with E-state index in [4.69, 9.17) is 0 Å². The molecule has 1 atom stereocenters. The van der Waals surface area contributed by atoms with Gasteiger partial charge in [-0.15, -0.1) is 0 Å². The predicted molar refractivity (Wildman–Crippen MR) is 89.7 cm³/mol. The van der Waals surface area contributed by atoms with E-state index in [1.807, 2.05) is 12.3 Å². The maximum atomic E-state index is 4.50. The Hall–Kier alpha value is -2.35. The number of rotatable bonds is 3. The summed E-state index contributed by atoms with van der Waals surface area (Å²) in [4.78, 5) is 4.50. The lowest BCUT2D eigenvalue weighted by atomic mass is 10.0. The molecule has 1 aromatic heterocycles. The molecule has 0 aliphatic carbocycles. The highest BCUT2D eigenvalue weighted by molar-refractivity contribution is 5.90. The van der Waals surface area contributed by atoms with Crippen LogP contribution >= 0.6 is 0 Å². The van der Waals surface area contributed by atoms with Gasteiger partial charge in [0.25, 0.3) is 0 Å². The molecule has 0 fully saturated rings. The van der Waals surface area contributed by atoms with Gasteiger partial charge < -0.3 is 5.32 Å². The van der Waals surface area contributed by atoms with Crippen molar-refractivity contribution in [1.29, 1.82) is 0 Å². The van der Waals surface area contributed by atoms with Crippen molar-refractivity contribution in [3.05, 3.63) is 71.4 Å². The van der Waals surface area contributed by atoms with Gasteiger partial charge in [-0.2, -0.15) is 0 Å². The summed E-state index contributed by atoms with van der Waals surface area (Å²) < 4.78 is 0. The number of hydrogen-bond donors (Lipinski definition) is 1. The molecule has 0 saturated heterocycles. The Morgan fingerprint density at radius 3 is 2.57 bits per heavy atom. The van der Waals surface area contributed by atoms with Crippen LogP contribution in [0.1, 0.15) is 29.7 Å². The topological polar surface area (TPSA) is 24.9 Å². The third kappa shape index (κ3) is 2.75. The molecule has 1 N–H and O–H groups in total. The second kappa shape index (κ2) is 5.57. The largest absolute Gasteiger partial charge is 0.377 e. The highest BCUT2D eigenvalue weighted by Gasteiger charge is 2.09. The number of pyridine rings is 1. The number of para-hydroxylation sites is 1. The molecule has 0 saturated carbocycles. The van der Waals surface area contributed by atoms with Crippen LogP contribution in [0, 0.1) is 13.8 Å². The second-order valence-electron chi connectivity index (χ2n) is 5.59. The van der Waals surface area contributed by atoms with Crippen molar-refractivity contribution in [1.82, 2.24) is 4.98 Å². The van der Waals surface area contributed by atoms with E-state index < -0.39 is 0 Å². The Kier molecular flexibility index (Phi) is 3.61. The number of anilines is 1. The van der Waals surface area contributed by atoms with E-state index >= 15 is 0 Å². The molecule has 0 aliphatic heterocycles. The van der Waals surface area contributed by atoms with Gasteiger partial charge in [-0.1, -0.05) is 36.4 Å². The lowest BCUT2D eigenvalue weighted by molar-refractivity contribution is 0.883. The zero-order chi connectivity index (χ0) is 14.8. The molecule has 1 heterocycles. The lowest BCUT2D eigenvalue weighted by Crippen LogP contribution is -2.07. The predicted octanol–water partition coefficient (Wildman–Crippen LogP) is 5.02. The van der Waals surface area contributed by atoms with Crippen molar-refractivity contribution >= 4 is 16.6 Å². The quantitative estimate of drug-likeness (QED) is 0.726. The van der Waals surface area contributed by atoms with Gasteiger partial charge in [0.2, 0.25) is 0 Å². The summed E-state index contributed by atoms with van der Waals surface area (Å²) in [7, 11) is 0. The number of fused-ring (bicyclic) bond motifs is 1. The number of aryl methyl sites for hydroxylation is 2. The monoisotopic (exact) mass is 276 g/mol. The summed E-state index contributed by atoms with van der Waals surface area (Å²) in [5, 5.41) is 4.75. The van der Waals surface area contributed by atoms with E-state index in [1.165, 1.54) is 16.7 Å². The first-order valence-corrected chi connectivity index (χ1v) is 7.32. The Morgan fingerprint density at radius 2 is 1.76 bits per heavy atom. The maximum absolute atomic E-state index is 4.50. The van der Waals surface area contributed by atoms with Crippen LogP contribution in [0.15, 0.2) is 54.7 Å². The third-order valence-electron chi connectivity index (χ3n) is 4.04. The van der Waals surface area contributed by atoms with Gasteiger partial charge in [0.05, 0.1) is 11.2 Å². The first-order chi connectivity index (χ1) is 10.1. The average Bonchev–Trinajstić information content (AvgIpc) is 2.50. The molecule has 21 heavy (non-hydrogen) atoms. The third-order valence-corrected chi connectivity index (χ3v) is 4.04. The van der Waals surface area contributed by atoms with Crippen LogP contribution in [0.4, 0.5) is 5.69 Å². The van der Waals surface area contributed by atoms with Gasteiger partial charge in [-0.3, -0.25) is 4.98 Å². The molecule has 0 amide bonds. The normalized spacial score (nSPS) is 12.3. The minimum Gasteiger partial charge on any atom is -0.377 e. The van der Waals surface area contributed by atoms with Crippen molar-refractivity contribution in [3.8, 4) is 0 Å². The number of hydrogen-bond acceptors (Lipinski definition) is 2. The summed E-state index contributed by atoms with van der Waals surface area (Å²) in [5.74, 6) is 0. The number of nitrogens with zero attached hydrogens (tertiary/aromatic N) is 1. The van der Waals surface area contributed by atoms with Crippen LogP contribution in [0.25, 0.3) is 10.9 Å². The Morgan fingerprint density at radius 1 is 0.952 bits per heavy atom. The van der Waals surface area contributed by atoms with Crippen LogP contribution in [-0.2, 0) is 0 Å². The zero-order valence-electron chi connectivity index (χ0n) is 12.7. The number of benzene rings is 2. The van der Waals surface area contributed by atoms with Crippen LogP contribution in [-0.4, -0.2) is 4.98 Å². The van der Waals surface area contributed by atoms with E-state index in [9.17, 15) is 0 Å². The Bertz CT molecular complexity index is 772. The molecule has 2 heteroatoms. The summed E-state index contributed by atoms with van der Waals surface area (Å²) in [6.07, 6.45) is 1.84. The molecule has 0 spiro atoms. The smallest absolute Gasteiger partial charge is 0.0933 e. The van der Waals surface area contributed by atoms with Gasteiger partial charge >= 0.3 is 0 Å². The Labute approximate surface area is 125 Å². The number of nitrogens with one attached hydrogen (secondary N) is 1. The highest BCUT2D eigenvalue weighted by Crippen LogP contribution is 2.26. The highest BCUT2D eigenvalue weighted by atomic mass is 14.9. The van der Waals surface area contributed by atoms with E-state index in [0.717, 1.165) is 16.6 Å². The van der Waals surface area contributed by atoms with Crippen molar-refractivity contribution in [2.75, 3.05) is 5.32 Å². The summed E-state index contributed by atoms with van der Waals surface area (Å²) in [5.41, 5.74) is 6.07. The van der Waals surface area contributed by atoms with Crippen molar-refractivity contribution in [2.45, 2.75) is 26.8 Å². The Balaban J connectivity index is 1.92. The van der Waals surface area contributed by atoms with Crippen molar-refractivity contribution in [3.63, 3.8) is 0 Å². The average molecular weight is 276 g/mol. The molecular formula is C19H20N2. The fourth-order valence-corrected chi connectivity index (χ4v) is 2.57. The molecule has 3 aromatic rings. The van der Waals surface area contributed by atoms with Gasteiger partial charge in [0, 0.05) is 17.6 Å². The van der Waals surface area contributed by atoms with Crippen LogP contribution in [0.2, 0.25) is 0 Å². The van der Waals surface area contributed by atoms with E-state index in [1.54, 1.807) is 0 Å². The van der Waals surface area contributed by atoms with E-state index in [-0.39, 0.29) is 6.04 Å². The van der Waals surface area contributed by atoms with Gasteiger partial charge in [0.1, 0.15) is 0 Å². The molecule has 0 radical (unpaired) electrons. The maximum Gasteiger partial charge on any atom is 0.0933 e. The minimum atomic E-state index is 0.247. The van der Waals surface area contributed by atoms with E-state index in [2.05, 4.69) is 73.5 Å². The standard InChI is InChI=1S/C19H20N2/c1-13-9-10-17(12-14(13)2)15(3)21-18-8-4-6-16-7-5-11-20-19(16)18/h4-12,15,21H,1-3H3. The van der Waals surface area contributed by atoms with Gasteiger partial charge in [0.15, 0.2) is 0 Å². The fourth-order valence-electron chi connectivity index (χ4n) is 2.57. The van der Waals surface area contributed by atoms with Gasteiger partial charge in [-0.25, -0.2) is 0 Å². The fraction of sp³-hybridized carbons (Fsp3) is 0.211. The molecule has 2 aromatic carbocycles. The number of aromatic nitrogens is 1. The van der Waals surface area contributed by atoms with E-state index in [0.29, 0.717) is 0 Å². The molecule has 3 rings (SSSR count). The SMILES string of the molecule is Cc1ccc(C(C)Nc2cccc3cccnc23)cc1C. The first kappa shape index (κ1) is 13.6. The molecule has 106 valence electrons. The second-order valence-corrected chi connectivity index (χ2v) is 5.59. The molecule has 0 bridgehead atoms. The van der Waals surface area contributed by atoms with Crippen LogP contribution in [0.5, 0.6) is 0 Å². The van der Waals surface area contributed by atoms with Crippen LogP contribution < -0.4 is 5.32 Å². The minimum absolute atomic E-state index is 0.247. The van der Waals surface area contributed by atoms with Gasteiger partial charge in [-0.05, 0) is 49.6 Å². The molecule has 0 aliphatic rings. The molecule has 1 unspecified atom stereocenters. The first-order valence-electron chi connectivity index (χ1n) is 7.32. The van der Waals surface area contributed by atoms with Crippen molar-refractivity contribution < 1.29 is 0 Å². The zero-order valence-corrected chi connectivity index (χ0v) is 12.7. The molecule has 2 nitrogen and oxygen atoms in total. The summed E-state index contributed by atoms with van der Waals surface area (Å²) in [6, 6.07) is 17.2. The van der Waals surface area contributed by atoms with Crippen molar-refractivity contribution in [2.24, 2.45) is 0 Å². The lowest BCUT2D eigenvalue weighted by Gasteiger charge is -2.18. The summed E-state index contributed by atoms with van der Waals surface area (Å²) >= 11 is 0. The molecular weight excluding hydrogens is 256 g/mol.